The molecule has 1 fully saturated rings. The van der Waals surface area contributed by atoms with E-state index in [1.807, 2.05) is 12.2 Å². The summed E-state index contributed by atoms with van der Waals surface area (Å²) in [6.45, 7) is 16.2. The van der Waals surface area contributed by atoms with E-state index in [1.165, 1.54) is 6.07 Å². The molecule has 0 aromatic heterocycles. The summed E-state index contributed by atoms with van der Waals surface area (Å²) in [6.07, 6.45) is 12.3. The molecule has 0 atom stereocenters. The summed E-state index contributed by atoms with van der Waals surface area (Å²) in [6, 6.07) is 4.87. The fourth-order valence-electron chi connectivity index (χ4n) is 2.98. The van der Waals surface area contributed by atoms with Gasteiger partial charge >= 0.3 is 0 Å². The second-order valence-corrected chi connectivity index (χ2v) is 8.00. The minimum atomic E-state index is -2.87. The molecule has 1 aromatic rings. The average molecular weight is 401 g/mol. The van der Waals surface area contributed by atoms with E-state index < -0.39 is 5.92 Å². The van der Waals surface area contributed by atoms with Crippen molar-refractivity contribution < 1.29 is 8.78 Å². The van der Waals surface area contributed by atoms with E-state index in [1.54, 1.807) is 30.4 Å². The van der Waals surface area contributed by atoms with E-state index >= 15 is 0 Å². The Labute approximate surface area is 172 Å². The van der Waals surface area contributed by atoms with Crippen molar-refractivity contribution in [1.82, 2.24) is 0 Å². The van der Waals surface area contributed by atoms with Gasteiger partial charge in [0.15, 0.2) is 0 Å². The van der Waals surface area contributed by atoms with Gasteiger partial charge in [0.25, 0.3) is 5.92 Å². The highest BCUT2D eigenvalue weighted by molar-refractivity contribution is 6.29. The van der Waals surface area contributed by atoms with Crippen LogP contribution in [0, 0.1) is 5.41 Å². The van der Waals surface area contributed by atoms with Gasteiger partial charge in [0.1, 0.15) is 0 Å². The largest absolute Gasteiger partial charge is 0.270 e. The molecule has 1 aliphatic carbocycles. The molecule has 3 heteroatoms. The molecule has 1 saturated carbocycles. The average Bonchev–Trinajstić information content (AvgIpc) is 3.41. The fraction of sp³-hybridized carbons (Fsp3) is 0.280. The lowest BCUT2D eigenvalue weighted by molar-refractivity contribution is 0.0173. The Morgan fingerprint density at radius 2 is 1.86 bits per heavy atom. The van der Waals surface area contributed by atoms with Crippen molar-refractivity contribution in [2.75, 3.05) is 0 Å². The molecule has 0 bridgehead atoms. The predicted molar refractivity (Wildman–Crippen MR) is 117 cm³/mol. The molecular formula is C25H27ClF2. The quantitative estimate of drug-likeness (QED) is 0.277. The van der Waals surface area contributed by atoms with Crippen LogP contribution in [0.25, 0.3) is 0 Å². The van der Waals surface area contributed by atoms with E-state index in [-0.39, 0.29) is 11.0 Å². The second-order valence-electron chi connectivity index (χ2n) is 7.52. The van der Waals surface area contributed by atoms with E-state index in [0.29, 0.717) is 17.9 Å². The van der Waals surface area contributed by atoms with Crippen LogP contribution in [0.3, 0.4) is 0 Å². The molecule has 0 unspecified atom stereocenters. The lowest BCUT2D eigenvalue weighted by atomic mass is 9.90. The summed E-state index contributed by atoms with van der Waals surface area (Å²) in [5.41, 5.74) is 3.45. The van der Waals surface area contributed by atoms with Crippen LogP contribution in [0.2, 0.25) is 0 Å². The maximum atomic E-state index is 13.8. The van der Waals surface area contributed by atoms with Crippen LogP contribution in [0.1, 0.15) is 36.5 Å². The number of hydrogen-bond acceptors (Lipinski definition) is 0. The van der Waals surface area contributed by atoms with Gasteiger partial charge in [-0.3, -0.25) is 0 Å². The Morgan fingerprint density at radius 1 is 1.18 bits per heavy atom. The molecule has 2 rings (SSSR count). The fourth-order valence-corrected chi connectivity index (χ4v) is 3.19. The van der Waals surface area contributed by atoms with Crippen molar-refractivity contribution >= 4 is 11.6 Å². The highest BCUT2D eigenvalue weighted by atomic mass is 35.5. The molecule has 0 nitrogen and oxygen atoms in total. The standard InChI is InChI=1S/C25H27ClF2/c1-6-18(3)19(4)9-8-10-23(26)16-20-11-12-22(24(5,27)28)15-21(20)17-25(7-2)13-14-25/h6-12,15H,1-4,13-14,16-17H2,5H3/b9-8-,23-10+. The van der Waals surface area contributed by atoms with Gasteiger partial charge in [-0.25, -0.2) is 8.78 Å². The highest BCUT2D eigenvalue weighted by Crippen LogP contribution is 2.50. The lowest BCUT2D eigenvalue weighted by Gasteiger charge is -2.18. The molecule has 1 aliphatic rings. The molecule has 1 aromatic carbocycles. The van der Waals surface area contributed by atoms with Crippen molar-refractivity contribution in [3.63, 3.8) is 0 Å². The number of rotatable bonds is 10. The third-order valence-corrected chi connectivity index (χ3v) is 5.43. The normalized spacial score (nSPS) is 16.1. The van der Waals surface area contributed by atoms with Crippen LogP contribution >= 0.6 is 11.6 Å². The van der Waals surface area contributed by atoms with Gasteiger partial charge in [0.05, 0.1) is 0 Å². The highest BCUT2D eigenvalue weighted by Gasteiger charge is 2.40. The minimum Gasteiger partial charge on any atom is -0.202 e. The van der Waals surface area contributed by atoms with Crippen LogP contribution in [-0.4, -0.2) is 0 Å². The molecule has 0 N–H and O–H groups in total. The molecule has 0 saturated heterocycles. The van der Waals surface area contributed by atoms with Crippen molar-refractivity contribution in [1.29, 1.82) is 0 Å². The minimum absolute atomic E-state index is 0.0327. The van der Waals surface area contributed by atoms with Gasteiger partial charge in [-0.2, -0.15) is 0 Å². The number of alkyl halides is 2. The van der Waals surface area contributed by atoms with Gasteiger partial charge in [-0.1, -0.05) is 67.8 Å². The summed E-state index contributed by atoms with van der Waals surface area (Å²) < 4.78 is 27.6. The van der Waals surface area contributed by atoms with Crippen LogP contribution in [-0.2, 0) is 18.8 Å². The SMILES string of the molecule is C=CC(=C)C(=C)/C=C\C=C(\Cl)Cc1ccc(C(C)(F)F)cc1CC1(C=C)CC1. The zero-order chi connectivity index (χ0) is 20.9. The Kier molecular flexibility index (Phi) is 7.01. The first-order chi connectivity index (χ1) is 13.1. The first-order valence-corrected chi connectivity index (χ1v) is 9.65. The van der Waals surface area contributed by atoms with E-state index in [4.69, 9.17) is 11.6 Å². The third kappa shape index (κ3) is 5.90. The van der Waals surface area contributed by atoms with Crippen molar-refractivity contribution in [3.8, 4) is 0 Å². The van der Waals surface area contributed by atoms with Crippen molar-refractivity contribution in [2.45, 2.75) is 38.5 Å². The van der Waals surface area contributed by atoms with Gasteiger partial charge < -0.3 is 0 Å². The first kappa shape index (κ1) is 22.1. The summed E-state index contributed by atoms with van der Waals surface area (Å²) >= 11 is 6.40. The third-order valence-electron chi connectivity index (χ3n) is 5.17. The van der Waals surface area contributed by atoms with Gasteiger partial charge in [-0.05, 0) is 59.1 Å². The Bertz CT molecular complexity index is 846. The zero-order valence-corrected chi connectivity index (χ0v) is 17.2. The van der Waals surface area contributed by atoms with Crippen molar-refractivity contribution in [2.24, 2.45) is 5.41 Å². The van der Waals surface area contributed by atoms with Crippen LogP contribution in [0.4, 0.5) is 8.78 Å². The lowest BCUT2D eigenvalue weighted by Crippen LogP contribution is -2.11. The Hall–Kier alpha value is -2.19. The molecule has 0 aliphatic heterocycles. The summed E-state index contributed by atoms with van der Waals surface area (Å²) in [4.78, 5) is 0. The molecule has 0 radical (unpaired) electrons. The van der Waals surface area contributed by atoms with Gasteiger partial charge in [0.2, 0.25) is 0 Å². The van der Waals surface area contributed by atoms with Gasteiger partial charge in [0, 0.05) is 23.9 Å². The number of allylic oxidation sites excluding steroid dienone is 8. The van der Waals surface area contributed by atoms with E-state index in [2.05, 4.69) is 26.3 Å². The van der Waals surface area contributed by atoms with Gasteiger partial charge in [-0.15, -0.1) is 6.58 Å². The Morgan fingerprint density at radius 3 is 2.39 bits per heavy atom. The maximum absolute atomic E-state index is 13.8. The Balaban J connectivity index is 2.23. The van der Waals surface area contributed by atoms with Crippen LogP contribution in [0.5, 0.6) is 0 Å². The summed E-state index contributed by atoms with van der Waals surface area (Å²) in [5.74, 6) is -2.87. The summed E-state index contributed by atoms with van der Waals surface area (Å²) in [5, 5.41) is 0.619. The van der Waals surface area contributed by atoms with E-state index in [0.717, 1.165) is 42.0 Å². The topological polar surface area (TPSA) is 0 Å². The molecule has 28 heavy (non-hydrogen) atoms. The smallest absolute Gasteiger partial charge is 0.202 e. The van der Waals surface area contributed by atoms with Crippen LogP contribution in [0.15, 0.2) is 91.1 Å². The van der Waals surface area contributed by atoms with E-state index in [9.17, 15) is 8.78 Å². The molecule has 148 valence electrons. The van der Waals surface area contributed by atoms with Crippen LogP contribution < -0.4 is 0 Å². The second kappa shape index (κ2) is 8.87. The zero-order valence-electron chi connectivity index (χ0n) is 16.4. The molecule has 0 heterocycles. The monoisotopic (exact) mass is 400 g/mol. The molecule has 0 amide bonds. The van der Waals surface area contributed by atoms with Crippen molar-refractivity contribution in [3.05, 3.63) is 108 Å². The maximum Gasteiger partial charge on any atom is 0.270 e. The molecule has 0 spiro atoms. The molecular weight excluding hydrogens is 374 g/mol. The predicted octanol–water partition coefficient (Wildman–Crippen LogP) is 7.83. The number of halogens is 3. The number of hydrogen-bond donors (Lipinski definition) is 0. The summed E-state index contributed by atoms with van der Waals surface area (Å²) in [7, 11) is 0. The number of benzene rings is 1. The first-order valence-electron chi connectivity index (χ1n) is 9.27.